The molecular weight excluding hydrogens is 472 g/mol. The molecule has 2 heterocycles. The van der Waals surface area contributed by atoms with Gasteiger partial charge in [0.05, 0.1) is 37.5 Å². The molecule has 9 nitrogen and oxygen atoms in total. The lowest BCUT2D eigenvalue weighted by Gasteiger charge is -2.29. The number of urea groups is 1. The van der Waals surface area contributed by atoms with Crippen LogP contribution in [0.3, 0.4) is 0 Å². The fraction of sp³-hybridized carbons (Fsp3) is 0.214. The van der Waals surface area contributed by atoms with Crippen molar-refractivity contribution in [2.45, 2.75) is 25.5 Å². The Morgan fingerprint density at radius 3 is 2.51 bits per heavy atom. The highest BCUT2D eigenvalue weighted by atomic mass is 16.5. The lowest BCUT2D eigenvalue weighted by atomic mass is 9.94. The maximum atomic E-state index is 13.4. The first kappa shape index (κ1) is 25.3. The first-order valence-electron chi connectivity index (χ1n) is 11.6. The molecule has 2 N–H and O–H groups in total. The van der Waals surface area contributed by atoms with Gasteiger partial charge in [-0.1, -0.05) is 24.3 Å². The van der Waals surface area contributed by atoms with Gasteiger partial charge in [-0.2, -0.15) is 5.26 Å². The minimum atomic E-state index is -0.768. The van der Waals surface area contributed by atoms with E-state index < -0.39 is 18.0 Å². The molecule has 0 saturated carbocycles. The third-order valence-corrected chi connectivity index (χ3v) is 5.92. The van der Waals surface area contributed by atoms with Gasteiger partial charge in [0.2, 0.25) is 5.88 Å². The van der Waals surface area contributed by atoms with Crippen LogP contribution in [-0.4, -0.2) is 31.2 Å². The number of nitrogens with zero attached hydrogens (tertiary/aromatic N) is 2. The summed E-state index contributed by atoms with van der Waals surface area (Å²) in [5.74, 6) is 0.574. The van der Waals surface area contributed by atoms with E-state index in [1.54, 1.807) is 49.7 Å². The summed E-state index contributed by atoms with van der Waals surface area (Å²) in [6, 6.07) is 18.7. The normalized spacial score (nSPS) is 14.7. The van der Waals surface area contributed by atoms with Crippen LogP contribution in [0.2, 0.25) is 0 Å². The van der Waals surface area contributed by atoms with Crippen LogP contribution in [0.5, 0.6) is 11.6 Å². The number of hydrogen-bond donors (Lipinski definition) is 2. The van der Waals surface area contributed by atoms with Crippen molar-refractivity contribution in [3.05, 3.63) is 100 Å². The van der Waals surface area contributed by atoms with Crippen molar-refractivity contribution in [1.82, 2.24) is 15.6 Å². The van der Waals surface area contributed by atoms with Gasteiger partial charge in [0.15, 0.2) is 0 Å². The molecule has 2 amide bonds. The van der Waals surface area contributed by atoms with Gasteiger partial charge in [-0.3, -0.25) is 0 Å². The summed E-state index contributed by atoms with van der Waals surface area (Å²) in [4.78, 5) is 30.3. The van der Waals surface area contributed by atoms with Gasteiger partial charge in [0.25, 0.3) is 0 Å². The van der Waals surface area contributed by atoms with Crippen LogP contribution < -0.4 is 20.1 Å². The Kier molecular flexibility index (Phi) is 8.01. The first-order chi connectivity index (χ1) is 18.0. The molecule has 0 fully saturated rings. The van der Waals surface area contributed by atoms with E-state index in [4.69, 9.17) is 19.5 Å². The number of carbonyl (C=O) groups excluding carboxylic acids is 2. The minimum absolute atomic E-state index is 0.0227. The second-order valence-corrected chi connectivity index (χ2v) is 8.29. The fourth-order valence-corrected chi connectivity index (χ4v) is 4.01. The lowest BCUT2D eigenvalue weighted by Crippen LogP contribution is -2.46. The summed E-state index contributed by atoms with van der Waals surface area (Å²) in [6.45, 7) is -0.0227. The number of benzene rings is 2. The van der Waals surface area contributed by atoms with Crippen LogP contribution in [0.4, 0.5) is 4.79 Å². The van der Waals surface area contributed by atoms with Gasteiger partial charge in [0, 0.05) is 18.0 Å². The van der Waals surface area contributed by atoms with Gasteiger partial charge in [-0.25, -0.2) is 14.6 Å². The second kappa shape index (κ2) is 11.7. The number of pyridine rings is 1. The van der Waals surface area contributed by atoms with Crippen molar-refractivity contribution < 1.29 is 23.8 Å². The third-order valence-electron chi connectivity index (χ3n) is 5.92. The van der Waals surface area contributed by atoms with Gasteiger partial charge in [0.1, 0.15) is 12.4 Å². The highest BCUT2D eigenvalue weighted by Crippen LogP contribution is 2.30. The quantitative estimate of drug-likeness (QED) is 0.428. The summed E-state index contributed by atoms with van der Waals surface area (Å²) in [5, 5.41) is 14.8. The van der Waals surface area contributed by atoms with Crippen molar-refractivity contribution in [1.29, 1.82) is 5.26 Å². The van der Waals surface area contributed by atoms with Gasteiger partial charge < -0.3 is 24.8 Å². The molecule has 1 atom stereocenters. The Bertz CT molecular complexity index is 1340. The predicted molar refractivity (Wildman–Crippen MR) is 134 cm³/mol. The molecule has 1 unspecified atom stereocenters. The average molecular weight is 499 g/mol. The highest BCUT2D eigenvalue weighted by molar-refractivity contribution is 5.95. The number of amides is 2. The molecule has 37 heavy (non-hydrogen) atoms. The van der Waals surface area contributed by atoms with Gasteiger partial charge in [-0.15, -0.1) is 0 Å². The zero-order chi connectivity index (χ0) is 26.2. The van der Waals surface area contributed by atoms with E-state index in [2.05, 4.69) is 21.7 Å². The van der Waals surface area contributed by atoms with E-state index in [1.807, 2.05) is 24.3 Å². The maximum Gasteiger partial charge on any atom is 0.338 e. The number of nitrogens with one attached hydrogen (secondary N) is 2. The molecule has 1 aliphatic rings. The van der Waals surface area contributed by atoms with E-state index in [0.29, 0.717) is 41.1 Å². The Balaban J connectivity index is 1.63. The molecule has 1 aromatic heterocycles. The summed E-state index contributed by atoms with van der Waals surface area (Å²) in [7, 11) is 3.11. The number of esters is 1. The van der Waals surface area contributed by atoms with E-state index in [0.717, 1.165) is 11.3 Å². The first-order valence-corrected chi connectivity index (χ1v) is 11.6. The number of aromatic nitrogens is 1. The number of allylic oxidation sites excluding steroid dienone is 1. The SMILES string of the molecule is COc1ccc(CCC2=C(C(=O)OCc3cccc(C#N)c3)C(c3ccc(OC)nc3)NC(=O)N2)cc1. The van der Waals surface area contributed by atoms with E-state index in [9.17, 15) is 9.59 Å². The van der Waals surface area contributed by atoms with Crippen LogP contribution in [0.25, 0.3) is 0 Å². The number of nitriles is 1. The van der Waals surface area contributed by atoms with E-state index in [-0.39, 0.29) is 12.2 Å². The Hall–Kier alpha value is -4.84. The Labute approximate surface area is 214 Å². The van der Waals surface area contributed by atoms with Crippen molar-refractivity contribution in [2.24, 2.45) is 0 Å². The third kappa shape index (κ3) is 6.24. The van der Waals surface area contributed by atoms with Crippen LogP contribution in [0, 0.1) is 11.3 Å². The summed E-state index contributed by atoms with van der Waals surface area (Å²) < 4.78 is 16.0. The summed E-state index contributed by atoms with van der Waals surface area (Å²) in [5.41, 5.74) is 3.54. The zero-order valence-corrected chi connectivity index (χ0v) is 20.5. The smallest absolute Gasteiger partial charge is 0.338 e. The van der Waals surface area contributed by atoms with E-state index in [1.165, 1.54) is 7.11 Å². The Morgan fingerprint density at radius 2 is 1.84 bits per heavy atom. The molecule has 9 heteroatoms. The number of ether oxygens (including phenoxy) is 3. The predicted octanol–water partition coefficient (Wildman–Crippen LogP) is 3.95. The number of methoxy groups -OCH3 is 2. The molecule has 0 aliphatic carbocycles. The molecular formula is C28H26N4O5. The average Bonchev–Trinajstić information content (AvgIpc) is 2.94. The topological polar surface area (TPSA) is 123 Å². The number of carbonyl (C=O) groups is 2. The molecule has 0 spiro atoms. The monoisotopic (exact) mass is 498 g/mol. The zero-order valence-electron chi connectivity index (χ0n) is 20.5. The minimum Gasteiger partial charge on any atom is -0.497 e. The van der Waals surface area contributed by atoms with Crippen LogP contribution in [0.15, 0.2) is 78.1 Å². The summed E-state index contributed by atoms with van der Waals surface area (Å²) in [6.07, 6.45) is 2.53. The van der Waals surface area contributed by atoms with Crippen LogP contribution in [-0.2, 0) is 22.6 Å². The number of aryl methyl sites for hydroxylation is 1. The standard InChI is InChI=1S/C28H26N4O5/c1-35-22-10-6-18(7-11-22)8-12-23-25(27(33)37-17-20-5-3-4-19(14-20)15-29)26(32-28(34)31-23)21-9-13-24(36-2)30-16-21/h3-7,9-11,13-14,16,26H,8,12,17H2,1-2H3,(H2,31,32,34). The molecule has 0 bridgehead atoms. The van der Waals surface area contributed by atoms with Gasteiger partial charge in [-0.05, 0) is 59.9 Å². The largest absolute Gasteiger partial charge is 0.497 e. The molecule has 2 aromatic carbocycles. The molecule has 3 aromatic rings. The summed E-state index contributed by atoms with van der Waals surface area (Å²) >= 11 is 0. The second-order valence-electron chi connectivity index (χ2n) is 8.29. The molecule has 0 radical (unpaired) electrons. The number of hydrogen-bond acceptors (Lipinski definition) is 7. The van der Waals surface area contributed by atoms with Crippen molar-refractivity contribution in [3.63, 3.8) is 0 Å². The van der Waals surface area contributed by atoms with Crippen LogP contribution in [0.1, 0.15) is 34.7 Å². The lowest BCUT2D eigenvalue weighted by molar-refractivity contribution is -0.140. The fourth-order valence-electron chi connectivity index (χ4n) is 4.01. The van der Waals surface area contributed by atoms with E-state index >= 15 is 0 Å². The van der Waals surface area contributed by atoms with Gasteiger partial charge >= 0.3 is 12.0 Å². The highest BCUT2D eigenvalue weighted by Gasteiger charge is 2.34. The molecule has 1 aliphatic heterocycles. The molecule has 188 valence electrons. The maximum absolute atomic E-state index is 13.4. The van der Waals surface area contributed by atoms with Crippen molar-refractivity contribution in [3.8, 4) is 17.7 Å². The Morgan fingerprint density at radius 1 is 1.03 bits per heavy atom. The molecule has 0 saturated heterocycles. The molecule has 4 rings (SSSR count). The number of rotatable bonds is 9. The van der Waals surface area contributed by atoms with Crippen molar-refractivity contribution >= 4 is 12.0 Å². The van der Waals surface area contributed by atoms with Crippen LogP contribution >= 0.6 is 0 Å². The van der Waals surface area contributed by atoms with Crippen molar-refractivity contribution in [2.75, 3.05) is 14.2 Å².